The molecule has 3 rings (SSSR count). The first-order valence-electron chi connectivity index (χ1n) is 11.1. The number of hydrogen-bond acceptors (Lipinski definition) is 5. The number of likely N-dealkylation sites (tertiary alicyclic amines) is 1. The predicted octanol–water partition coefficient (Wildman–Crippen LogP) is 5.01. The normalized spacial score (nSPS) is 13.7. The van der Waals surface area contributed by atoms with Crippen molar-refractivity contribution >= 4 is 35.0 Å². The summed E-state index contributed by atoms with van der Waals surface area (Å²) in [7, 11) is 1.76. The van der Waals surface area contributed by atoms with E-state index in [2.05, 4.69) is 29.8 Å². The Morgan fingerprint density at radius 1 is 1.34 bits per heavy atom. The van der Waals surface area contributed by atoms with Gasteiger partial charge in [0.1, 0.15) is 4.88 Å². The lowest BCUT2D eigenvalue weighted by Crippen LogP contribution is -2.28. The average molecular weight is 450 g/mol. The van der Waals surface area contributed by atoms with E-state index >= 15 is 0 Å². The van der Waals surface area contributed by atoms with Crippen LogP contribution in [0.3, 0.4) is 0 Å². The third-order valence-corrected chi connectivity index (χ3v) is 6.46. The minimum absolute atomic E-state index is 0.108. The first kappa shape index (κ1) is 23.6. The van der Waals surface area contributed by atoms with Crippen molar-refractivity contribution in [1.82, 2.24) is 15.1 Å². The molecule has 6 nitrogen and oxygen atoms in total. The molecule has 32 heavy (non-hydrogen) atoms. The monoisotopic (exact) mass is 449 g/mol. The number of carbonyl (C=O) groups excluding carboxylic acids is 1. The quantitative estimate of drug-likeness (QED) is 0.432. The standard InChI is InChI=1S/C25H31N5OS/c1-4-12-27-19(2)22-17-32-24(23(22)28-18-30-13-8-5-9-14-30)25(31)29(3)16-21-11-7-6-10-20(21)15-26/h6-7,10-11,17-18,27H,2,4-5,8-9,12-14,16H2,1,3H3/b28-18+. The molecule has 1 aliphatic heterocycles. The molecule has 0 aliphatic carbocycles. The number of nitrogens with one attached hydrogen (secondary N) is 1. The highest BCUT2D eigenvalue weighted by molar-refractivity contribution is 7.13. The zero-order valence-electron chi connectivity index (χ0n) is 18.9. The second kappa shape index (κ2) is 11.5. The summed E-state index contributed by atoms with van der Waals surface area (Å²) in [6.07, 6.45) is 6.45. The minimum atomic E-state index is -0.108. The van der Waals surface area contributed by atoms with E-state index in [0.29, 0.717) is 22.7 Å². The van der Waals surface area contributed by atoms with Crippen LogP contribution in [0.15, 0.2) is 41.2 Å². The SMILES string of the molecule is C=C(NCCC)c1csc(C(=O)N(C)Cc2ccccc2C#N)c1/N=C/N1CCCCC1. The number of amides is 1. The molecule has 1 aromatic carbocycles. The third kappa shape index (κ3) is 5.77. The highest BCUT2D eigenvalue weighted by atomic mass is 32.1. The van der Waals surface area contributed by atoms with Crippen molar-refractivity contribution in [3.05, 3.63) is 57.8 Å². The molecule has 0 bridgehead atoms. The van der Waals surface area contributed by atoms with E-state index in [1.54, 1.807) is 18.0 Å². The molecule has 0 radical (unpaired) electrons. The number of aliphatic imine (C=N–C) groups is 1. The zero-order chi connectivity index (χ0) is 22.9. The van der Waals surface area contributed by atoms with Gasteiger partial charge in [-0.3, -0.25) is 4.79 Å². The first-order valence-corrected chi connectivity index (χ1v) is 12.0. The number of hydrogen-bond donors (Lipinski definition) is 1. The van der Waals surface area contributed by atoms with Crippen molar-refractivity contribution in [3.8, 4) is 6.07 Å². The Bertz CT molecular complexity index is 1010. The maximum atomic E-state index is 13.4. The van der Waals surface area contributed by atoms with Crippen molar-refractivity contribution in [3.63, 3.8) is 0 Å². The van der Waals surface area contributed by atoms with E-state index < -0.39 is 0 Å². The second-order valence-electron chi connectivity index (χ2n) is 8.00. The molecular weight excluding hydrogens is 418 g/mol. The van der Waals surface area contributed by atoms with Gasteiger partial charge in [-0.25, -0.2) is 4.99 Å². The summed E-state index contributed by atoms with van der Waals surface area (Å²) in [4.78, 5) is 22.6. The van der Waals surface area contributed by atoms with E-state index in [-0.39, 0.29) is 5.91 Å². The van der Waals surface area contributed by atoms with Gasteiger partial charge >= 0.3 is 0 Å². The smallest absolute Gasteiger partial charge is 0.266 e. The van der Waals surface area contributed by atoms with Crippen LogP contribution < -0.4 is 5.32 Å². The molecule has 168 valence electrons. The number of nitrogens with zero attached hydrogens (tertiary/aromatic N) is 4. The molecule has 0 atom stereocenters. The van der Waals surface area contributed by atoms with Crippen LogP contribution >= 0.6 is 11.3 Å². The van der Waals surface area contributed by atoms with Crippen molar-refractivity contribution in [1.29, 1.82) is 5.26 Å². The number of thiophene rings is 1. The Hall–Kier alpha value is -3.11. The Morgan fingerprint density at radius 3 is 2.81 bits per heavy atom. The fraction of sp³-hybridized carbons (Fsp3) is 0.400. The first-order chi connectivity index (χ1) is 15.5. The van der Waals surface area contributed by atoms with Gasteiger partial charge in [-0.1, -0.05) is 31.7 Å². The van der Waals surface area contributed by atoms with Crippen LogP contribution in [0.4, 0.5) is 5.69 Å². The van der Waals surface area contributed by atoms with Gasteiger partial charge in [0.05, 0.1) is 23.7 Å². The van der Waals surface area contributed by atoms with Gasteiger partial charge in [0.25, 0.3) is 5.91 Å². The van der Waals surface area contributed by atoms with Gasteiger partial charge in [-0.15, -0.1) is 11.3 Å². The van der Waals surface area contributed by atoms with Crippen LogP contribution in [0.1, 0.15) is 59.0 Å². The lowest BCUT2D eigenvalue weighted by atomic mass is 10.1. The summed E-state index contributed by atoms with van der Waals surface area (Å²) in [5.41, 5.74) is 3.73. The van der Waals surface area contributed by atoms with E-state index in [9.17, 15) is 10.1 Å². The van der Waals surface area contributed by atoms with Crippen LogP contribution in [-0.2, 0) is 6.54 Å². The molecule has 0 saturated carbocycles. The van der Waals surface area contributed by atoms with Gasteiger partial charge in [-0.05, 0) is 37.3 Å². The zero-order valence-corrected chi connectivity index (χ0v) is 19.7. The molecular formula is C25H31N5OS. The molecule has 2 aromatic rings. The molecule has 1 N–H and O–H groups in total. The van der Waals surface area contributed by atoms with Gasteiger partial charge in [0.2, 0.25) is 0 Å². The van der Waals surface area contributed by atoms with E-state index in [1.165, 1.54) is 30.6 Å². The fourth-order valence-corrected chi connectivity index (χ4v) is 4.68. The Kier molecular flexibility index (Phi) is 8.46. The molecule has 1 aromatic heterocycles. The summed E-state index contributed by atoms with van der Waals surface area (Å²) in [6.45, 7) is 9.44. The minimum Gasteiger partial charge on any atom is -0.385 e. The molecule has 1 aliphatic rings. The van der Waals surface area contributed by atoms with Gasteiger partial charge in [0, 0.05) is 49.9 Å². The lowest BCUT2D eigenvalue weighted by molar-refractivity contribution is 0.0790. The highest BCUT2D eigenvalue weighted by Gasteiger charge is 2.23. The maximum absolute atomic E-state index is 13.4. The summed E-state index contributed by atoms with van der Waals surface area (Å²) in [5.74, 6) is -0.108. The number of carbonyl (C=O) groups is 1. The molecule has 1 amide bonds. The van der Waals surface area contributed by atoms with Crippen LogP contribution in [0.25, 0.3) is 5.70 Å². The van der Waals surface area contributed by atoms with Gasteiger partial charge in [0.15, 0.2) is 0 Å². The molecule has 7 heteroatoms. The van der Waals surface area contributed by atoms with E-state index in [0.717, 1.165) is 42.9 Å². The number of benzene rings is 1. The van der Waals surface area contributed by atoms with Crippen LogP contribution in [0.5, 0.6) is 0 Å². The Labute approximate surface area is 194 Å². The number of nitriles is 1. The fourth-order valence-electron chi connectivity index (χ4n) is 3.66. The lowest BCUT2D eigenvalue weighted by Gasteiger charge is -2.24. The maximum Gasteiger partial charge on any atom is 0.266 e. The van der Waals surface area contributed by atoms with Crippen LogP contribution in [0.2, 0.25) is 0 Å². The highest BCUT2D eigenvalue weighted by Crippen LogP contribution is 2.35. The van der Waals surface area contributed by atoms with E-state index in [4.69, 9.17) is 4.99 Å². The predicted molar refractivity (Wildman–Crippen MR) is 132 cm³/mol. The third-order valence-electron chi connectivity index (χ3n) is 5.51. The van der Waals surface area contributed by atoms with Crippen molar-refractivity contribution < 1.29 is 4.79 Å². The number of rotatable bonds is 9. The largest absolute Gasteiger partial charge is 0.385 e. The van der Waals surface area contributed by atoms with Gasteiger partial charge in [-0.2, -0.15) is 5.26 Å². The summed E-state index contributed by atoms with van der Waals surface area (Å²) in [5, 5.41) is 14.7. The van der Waals surface area contributed by atoms with Crippen LogP contribution in [-0.4, -0.2) is 48.7 Å². The van der Waals surface area contributed by atoms with Crippen molar-refractivity contribution in [2.75, 3.05) is 26.7 Å². The summed E-state index contributed by atoms with van der Waals surface area (Å²) < 4.78 is 0. The summed E-state index contributed by atoms with van der Waals surface area (Å²) >= 11 is 1.39. The van der Waals surface area contributed by atoms with Crippen LogP contribution in [0, 0.1) is 11.3 Å². The van der Waals surface area contributed by atoms with Gasteiger partial charge < -0.3 is 15.1 Å². The van der Waals surface area contributed by atoms with Crippen molar-refractivity contribution in [2.45, 2.75) is 39.2 Å². The molecule has 0 spiro atoms. The van der Waals surface area contributed by atoms with E-state index in [1.807, 2.05) is 29.9 Å². The number of piperidine rings is 1. The van der Waals surface area contributed by atoms with Crippen molar-refractivity contribution in [2.24, 2.45) is 4.99 Å². The molecule has 1 fully saturated rings. The molecule has 0 unspecified atom stereocenters. The second-order valence-corrected chi connectivity index (χ2v) is 8.88. The summed E-state index contributed by atoms with van der Waals surface area (Å²) in [6, 6.07) is 9.57. The topological polar surface area (TPSA) is 71.7 Å². The average Bonchev–Trinajstić information content (AvgIpc) is 3.25. The Morgan fingerprint density at radius 2 is 2.09 bits per heavy atom. The Balaban J connectivity index is 1.87. The molecule has 2 heterocycles. The molecule has 1 saturated heterocycles.